The second kappa shape index (κ2) is 10.4. The molecule has 8 nitrogen and oxygen atoms in total. The second-order valence-electron chi connectivity index (χ2n) is 7.13. The van der Waals surface area contributed by atoms with Crippen LogP contribution in [0.3, 0.4) is 0 Å². The van der Waals surface area contributed by atoms with Crippen LogP contribution in [0.25, 0.3) is 0 Å². The average molecular weight is 488 g/mol. The van der Waals surface area contributed by atoms with Gasteiger partial charge in [0.05, 0.1) is 16.8 Å². The highest BCUT2D eigenvalue weighted by Crippen LogP contribution is 2.21. The fraction of sp³-hybridized carbons (Fsp3) is 0.350. The Bertz CT molecular complexity index is 1100. The fourth-order valence-electron chi connectivity index (χ4n) is 2.75. The number of anilines is 1. The lowest BCUT2D eigenvalue weighted by molar-refractivity contribution is -0.119. The van der Waals surface area contributed by atoms with Crippen LogP contribution in [0.1, 0.15) is 12.0 Å². The summed E-state index contributed by atoms with van der Waals surface area (Å²) in [7, 11) is -4.58. The molecule has 2 aromatic carbocycles. The van der Waals surface area contributed by atoms with Crippen molar-refractivity contribution < 1.29 is 21.6 Å². The van der Waals surface area contributed by atoms with Gasteiger partial charge in [0.15, 0.2) is 0 Å². The number of carbonyl (C=O) groups is 1. The van der Waals surface area contributed by atoms with Crippen LogP contribution in [0.2, 0.25) is 5.02 Å². The van der Waals surface area contributed by atoms with E-state index in [1.54, 1.807) is 12.1 Å². The standard InChI is InChI=1S/C20H26ClN3O5S2/c1-23(2)31(28,29)19-12-10-18(11-13-19)24(30(3,26)27)15-20(25)22-14-4-5-16-6-8-17(21)9-7-16/h6-13H,4-5,14-15H2,1-3H3,(H,22,25). The molecule has 0 saturated heterocycles. The Balaban J connectivity index is 2.00. The molecular weight excluding hydrogens is 462 g/mol. The average Bonchev–Trinajstić information content (AvgIpc) is 2.70. The summed E-state index contributed by atoms with van der Waals surface area (Å²) in [6, 6.07) is 12.8. The van der Waals surface area contributed by atoms with E-state index in [-0.39, 0.29) is 10.6 Å². The molecule has 1 N–H and O–H groups in total. The zero-order valence-electron chi connectivity index (χ0n) is 17.6. The predicted molar refractivity (Wildman–Crippen MR) is 122 cm³/mol. The van der Waals surface area contributed by atoms with Crippen LogP contribution in [-0.2, 0) is 31.3 Å². The molecule has 1 amide bonds. The number of carbonyl (C=O) groups excluding carboxylic acids is 1. The first-order valence-corrected chi connectivity index (χ1v) is 13.1. The molecule has 170 valence electrons. The van der Waals surface area contributed by atoms with Gasteiger partial charge < -0.3 is 5.32 Å². The molecule has 11 heteroatoms. The number of halogens is 1. The molecule has 2 aromatic rings. The van der Waals surface area contributed by atoms with Crippen molar-refractivity contribution in [2.45, 2.75) is 17.7 Å². The third-order valence-corrected chi connectivity index (χ3v) is 7.69. The van der Waals surface area contributed by atoms with Crippen LogP contribution < -0.4 is 9.62 Å². The van der Waals surface area contributed by atoms with Crippen molar-refractivity contribution in [3.05, 3.63) is 59.1 Å². The molecule has 0 heterocycles. The van der Waals surface area contributed by atoms with Gasteiger partial charge in [-0.2, -0.15) is 0 Å². The topological polar surface area (TPSA) is 104 Å². The lowest BCUT2D eigenvalue weighted by Gasteiger charge is -2.22. The minimum atomic E-state index is -3.76. The lowest BCUT2D eigenvalue weighted by Crippen LogP contribution is -2.40. The number of amides is 1. The van der Waals surface area contributed by atoms with Crippen molar-refractivity contribution in [2.75, 3.05) is 37.7 Å². The zero-order valence-corrected chi connectivity index (χ0v) is 20.0. The van der Waals surface area contributed by atoms with Crippen LogP contribution in [0.4, 0.5) is 5.69 Å². The first-order valence-electron chi connectivity index (χ1n) is 9.42. The number of nitrogens with one attached hydrogen (secondary N) is 1. The van der Waals surface area contributed by atoms with Gasteiger partial charge in [0, 0.05) is 25.7 Å². The van der Waals surface area contributed by atoms with E-state index in [9.17, 15) is 21.6 Å². The molecule has 0 aliphatic rings. The maximum atomic E-state index is 12.3. The molecule has 2 rings (SSSR count). The van der Waals surface area contributed by atoms with Crippen molar-refractivity contribution in [1.29, 1.82) is 0 Å². The van der Waals surface area contributed by atoms with Crippen molar-refractivity contribution in [3.63, 3.8) is 0 Å². The van der Waals surface area contributed by atoms with Gasteiger partial charge in [0.1, 0.15) is 6.54 Å². The van der Waals surface area contributed by atoms with E-state index in [1.807, 2.05) is 12.1 Å². The summed E-state index contributed by atoms with van der Waals surface area (Å²) in [5.41, 5.74) is 1.29. The number of benzene rings is 2. The maximum Gasteiger partial charge on any atom is 0.242 e. The Hall–Kier alpha value is -2.14. The quantitative estimate of drug-likeness (QED) is 0.517. The smallest absolute Gasteiger partial charge is 0.242 e. The van der Waals surface area contributed by atoms with E-state index in [1.165, 1.54) is 38.4 Å². The highest BCUT2D eigenvalue weighted by Gasteiger charge is 2.22. The summed E-state index contributed by atoms with van der Waals surface area (Å²) in [4.78, 5) is 12.3. The first-order chi connectivity index (χ1) is 14.4. The Morgan fingerprint density at radius 2 is 1.55 bits per heavy atom. The SMILES string of the molecule is CN(C)S(=O)(=O)c1ccc(N(CC(=O)NCCCc2ccc(Cl)cc2)S(C)(=O)=O)cc1. The van der Waals surface area contributed by atoms with Crippen LogP contribution in [0.15, 0.2) is 53.4 Å². The molecule has 31 heavy (non-hydrogen) atoms. The van der Waals surface area contributed by atoms with Crippen molar-refractivity contribution in [2.24, 2.45) is 0 Å². The molecule has 0 bridgehead atoms. The van der Waals surface area contributed by atoms with E-state index in [0.29, 0.717) is 18.0 Å². The monoisotopic (exact) mass is 487 g/mol. The lowest BCUT2D eigenvalue weighted by atomic mass is 10.1. The van der Waals surface area contributed by atoms with Gasteiger partial charge in [-0.1, -0.05) is 23.7 Å². The molecule has 0 saturated carbocycles. The Morgan fingerprint density at radius 1 is 0.968 bits per heavy atom. The highest BCUT2D eigenvalue weighted by atomic mass is 35.5. The molecular formula is C20H26ClN3O5S2. The van der Waals surface area contributed by atoms with Gasteiger partial charge in [-0.15, -0.1) is 0 Å². The number of hydrogen-bond acceptors (Lipinski definition) is 5. The summed E-state index contributed by atoms with van der Waals surface area (Å²) in [6.45, 7) is -0.0152. The molecule has 0 spiro atoms. The summed E-state index contributed by atoms with van der Waals surface area (Å²) in [6.07, 6.45) is 2.42. The van der Waals surface area contributed by atoms with Crippen LogP contribution >= 0.6 is 11.6 Å². The first kappa shape index (κ1) is 25.1. The molecule has 0 aromatic heterocycles. The molecule has 0 fully saturated rings. The van der Waals surface area contributed by atoms with E-state index >= 15 is 0 Å². The zero-order chi connectivity index (χ0) is 23.2. The number of nitrogens with zero attached hydrogens (tertiary/aromatic N) is 2. The van der Waals surface area contributed by atoms with Crippen molar-refractivity contribution in [1.82, 2.24) is 9.62 Å². The van der Waals surface area contributed by atoms with Crippen LogP contribution in [0.5, 0.6) is 0 Å². The molecule has 0 radical (unpaired) electrons. The van der Waals surface area contributed by atoms with E-state index in [4.69, 9.17) is 11.6 Å². The van der Waals surface area contributed by atoms with Gasteiger partial charge in [-0.05, 0) is 54.8 Å². The summed E-state index contributed by atoms with van der Waals surface area (Å²) < 4.78 is 50.8. The Labute approximate surface area is 188 Å². The maximum absolute atomic E-state index is 12.3. The van der Waals surface area contributed by atoms with E-state index in [2.05, 4.69) is 5.32 Å². The van der Waals surface area contributed by atoms with Gasteiger partial charge in [0.2, 0.25) is 26.0 Å². The van der Waals surface area contributed by atoms with Gasteiger partial charge in [-0.3, -0.25) is 9.10 Å². The minimum Gasteiger partial charge on any atom is -0.355 e. The van der Waals surface area contributed by atoms with E-state index in [0.717, 1.165) is 26.9 Å². The number of rotatable bonds is 10. The third kappa shape index (κ3) is 7.20. The summed E-state index contributed by atoms with van der Waals surface area (Å²) in [5, 5.41) is 3.37. The number of hydrogen-bond donors (Lipinski definition) is 1. The Morgan fingerprint density at radius 3 is 2.06 bits per heavy atom. The summed E-state index contributed by atoms with van der Waals surface area (Å²) >= 11 is 5.85. The molecule has 0 aliphatic carbocycles. The highest BCUT2D eigenvalue weighted by molar-refractivity contribution is 7.92. The van der Waals surface area contributed by atoms with Crippen LogP contribution in [-0.4, -0.2) is 60.5 Å². The van der Waals surface area contributed by atoms with Crippen molar-refractivity contribution in [3.8, 4) is 0 Å². The van der Waals surface area contributed by atoms with E-state index < -0.39 is 32.5 Å². The number of sulfonamides is 2. The minimum absolute atomic E-state index is 0.0290. The fourth-order valence-corrected chi connectivity index (χ4v) is 4.64. The van der Waals surface area contributed by atoms with Crippen molar-refractivity contribution >= 4 is 43.2 Å². The molecule has 0 aliphatic heterocycles. The van der Waals surface area contributed by atoms with Gasteiger partial charge in [-0.25, -0.2) is 21.1 Å². The number of aryl methyl sites for hydroxylation is 1. The van der Waals surface area contributed by atoms with Crippen LogP contribution in [0, 0.1) is 0 Å². The predicted octanol–water partition coefficient (Wildman–Crippen LogP) is 2.11. The second-order valence-corrected chi connectivity index (χ2v) is 11.6. The Kier molecular flexibility index (Phi) is 8.47. The molecule has 0 unspecified atom stereocenters. The van der Waals surface area contributed by atoms with Gasteiger partial charge >= 0.3 is 0 Å². The summed E-state index contributed by atoms with van der Waals surface area (Å²) in [5.74, 6) is -0.452. The largest absolute Gasteiger partial charge is 0.355 e. The molecule has 0 atom stereocenters. The normalized spacial score (nSPS) is 12.0. The third-order valence-electron chi connectivity index (χ3n) is 4.47. The van der Waals surface area contributed by atoms with Gasteiger partial charge in [0.25, 0.3) is 0 Å².